The van der Waals surface area contributed by atoms with Gasteiger partial charge in [-0.1, -0.05) is 23.7 Å². The maximum absolute atomic E-state index is 11.9. The number of nitrogens with zero attached hydrogens (tertiary/aromatic N) is 1. The summed E-state index contributed by atoms with van der Waals surface area (Å²) in [7, 11) is 1.46. The van der Waals surface area contributed by atoms with Gasteiger partial charge in [0.25, 0.3) is 5.91 Å². The van der Waals surface area contributed by atoms with Crippen molar-refractivity contribution in [2.75, 3.05) is 7.11 Å². The first-order valence-electron chi connectivity index (χ1n) is 6.17. The van der Waals surface area contributed by atoms with Crippen molar-refractivity contribution in [3.05, 3.63) is 57.0 Å². The first-order chi connectivity index (χ1) is 10.5. The standard InChI is InChI=1S/C15H12BrClN2O3/c1-22-14-7-11(16)9(6-13(14)20)8-18-19-15(21)10-4-2-3-5-12(10)17/h2-8,20H,1H3,(H,19,21)/b18-8-. The third-order valence-electron chi connectivity index (χ3n) is 2.79. The van der Waals surface area contributed by atoms with Crippen LogP contribution in [0.3, 0.4) is 0 Å². The van der Waals surface area contributed by atoms with Gasteiger partial charge >= 0.3 is 0 Å². The van der Waals surface area contributed by atoms with Crippen LogP contribution in [0.2, 0.25) is 5.02 Å². The zero-order chi connectivity index (χ0) is 16.1. The van der Waals surface area contributed by atoms with Crippen LogP contribution in [-0.2, 0) is 0 Å². The smallest absolute Gasteiger partial charge is 0.272 e. The van der Waals surface area contributed by atoms with E-state index in [9.17, 15) is 9.90 Å². The fraction of sp³-hybridized carbons (Fsp3) is 0.0667. The van der Waals surface area contributed by atoms with Gasteiger partial charge in [-0.05, 0) is 40.2 Å². The molecular weight excluding hydrogens is 372 g/mol. The second-order valence-corrected chi connectivity index (χ2v) is 5.49. The number of phenolic OH excluding ortho intramolecular Hbond substituents is 1. The summed E-state index contributed by atoms with van der Waals surface area (Å²) in [5.74, 6) is -0.107. The number of nitrogens with one attached hydrogen (secondary N) is 1. The minimum atomic E-state index is -0.421. The summed E-state index contributed by atoms with van der Waals surface area (Å²) < 4.78 is 5.65. The topological polar surface area (TPSA) is 70.9 Å². The van der Waals surface area contributed by atoms with Crippen molar-refractivity contribution in [1.29, 1.82) is 0 Å². The second kappa shape index (κ2) is 7.29. The Morgan fingerprint density at radius 3 is 2.82 bits per heavy atom. The number of halogens is 2. The molecule has 114 valence electrons. The molecule has 0 aliphatic heterocycles. The minimum absolute atomic E-state index is 0.0235. The molecule has 2 N–H and O–H groups in total. The van der Waals surface area contributed by atoms with Crippen molar-refractivity contribution >= 4 is 39.7 Å². The molecule has 0 saturated heterocycles. The number of carbonyl (C=O) groups excluding carboxylic acids is 1. The number of carbonyl (C=O) groups is 1. The number of hydrogen-bond acceptors (Lipinski definition) is 4. The fourth-order valence-electron chi connectivity index (χ4n) is 1.69. The van der Waals surface area contributed by atoms with Crippen LogP contribution in [-0.4, -0.2) is 24.3 Å². The van der Waals surface area contributed by atoms with E-state index in [4.69, 9.17) is 16.3 Å². The molecule has 22 heavy (non-hydrogen) atoms. The molecule has 2 aromatic carbocycles. The lowest BCUT2D eigenvalue weighted by molar-refractivity contribution is 0.0955. The van der Waals surface area contributed by atoms with Gasteiger partial charge in [-0.2, -0.15) is 5.10 Å². The SMILES string of the molecule is COc1cc(Br)c(/C=N\NC(=O)c2ccccc2Cl)cc1O. The summed E-state index contributed by atoms with van der Waals surface area (Å²) >= 11 is 9.26. The third-order valence-corrected chi connectivity index (χ3v) is 3.80. The average molecular weight is 384 g/mol. The highest BCUT2D eigenvalue weighted by atomic mass is 79.9. The molecule has 2 rings (SSSR count). The Morgan fingerprint density at radius 2 is 2.14 bits per heavy atom. The number of amides is 1. The van der Waals surface area contributed by atoms with E-state index in [1.54, 1.807) is 30.3 Å². The van der Waals surface area contributed by atoms with Crippen LogP contribution in [0.5, 0.6) is 11.5 Å². The Balaban J connectivity index is 2.12. The third kappa shape index (κ3) is 3.78. The number of hydrogen-bond donors (Lipinski definition) is 2. The van der Waals surface area contributed by atoms with Crippen molar-refractivity contribution < 1.29 is 14.6 Å². The molecule has 0 bridgehead atoms. The van der Waals surface area contributed by atoms with E-state index in [-0.39, 0.29) is 5.75 Å². The average Bonchev–Trinajstić information content (AvgIpc) is 2.50. The molecule has 0 aliphatic carbocycles. The van der Waals surface area contributed by atoms with Gasteiger partial charge < -0.3 is 9.84 Å². The Labute approximate surface area is 140 Å². The first kappa shape index (κ1) is 16.3. The number of rotatable bonds is 4. The monoisotopic (exact) mass is 382 g/mol. The summed E-state index contributed by atoms with van der Waals surface area (Å²) in [6, 6.07) is 9.74. The van der Waals surface area contributed by atoms with Crippen LogP contribution >= 0.6 is 27.5 Å². The molecule has 0 heterocycles. The lowest BCUT2D eigenvalue weighted by Crippen LogP contribution is -2.17. The Morgan fingerprint density at radius 1 is 1.41 bits per heavy atom. The minimum Gasteiger partial charge on any atom is -0.504 e. The van der Waals surface area contributed by atoms with Crippen molar-refractivity contribution in [3.8, 4) is 11.5 Å². The van der Waals surface area contributed by atoms with Gasteiger partial charge in [-0.3, -0.25) is 4.79 Å². The van der Waals surface area contributed by atoms with E-state index in [1.165, 1.54) is 19.4 Å². The van der Waals surface area contributed by atoms with Crippen LogP contribution in [0, 0.1) is 0 Å². The molecule has 0 fully saturated rings. The van der Waals surface area contributed by atoms with E-state index in [0.717, 1.165) is 0 Å². The van der Waals surface area contributed by atoms with Gasteiger partial charge in [0.2, 0.25) is 0 Å². The van der Waals surface area contributed by atoms with Gasteiger partial charge in [-0.15, -0.1) is 0 Å². The van der Waals surface area contributed by atoms with Crippen LogP contribution in [0.15, 0.2) is 46.0 Å². The van der Waals surface area contributed by atoms with Crippen molar-refractivity contribution in [3.63, 3.8) is 0 Å². The summed E-state index contributed by atoms with van der Waals surface area (Å²) in [6.45, 7) is 0. The number of phenols is 1. The van der Waals surface area contributed by atoms with Crippen LogP contribution in [0.4, 0.5) is 0 Å². The summed E-state index contributed by atoms with van der Waals surface area (Å²) in [6.07, 6.45) is 1.40. The molecule has 7 heteroatoms. The fourth-order valence-corrected chi connectivity index (χ4v) is 2.33. The molecule has 0 radical (unpaired) electrons. The van der Waals surface area contributed by atoms with Crippen molar-refractivity contribution in [1.82, 2.24) is 5.43 Å². The quantitative estimate of drug-likeness (QED) is 0.626. The number of ether oxygens (including phenoxy) is 1. The predicted octanol–water partition coefficient (Wildman–Crippen LogP) is 3.58. The highest BCUT2D eigenvalue weighted by molar-refractivity contribution is 9.10. The highest BCUT2D eigenvalue weighted by Crippen LogP contribution is 2.31. The lowest BCUT2D eigenvalue weighted by atomic mass is 10.2. The maximum Gasteiger partial charge on any atom is 0.272 e. The highest BCUT2D eigenvalue weighted by Gasteiger charge is 2.09. The molecule has 0 atom stereocenters. The molecule has 2 aromatic rings. The summed E-state index contributed by atoms with van der Waals surface area (Å²) in [5, 5.41) is 13.9. The molecule has 0 aliphatic rings. The zero-order valence-corrected chi connectivity index (χ0v) is 13.9. The molecule has 0 saturated carbocycles. The molecular formula is C15H12BrClN2O3. The Kier molecular flexibility index (Phi) is 5.41. The van der Waals surface area contributed by atoms with Crippen LogP contribution < -0.4 is 10.2 Å². The van der Waals surface area contributed by atoms with Crippen LogP contribution in [0.25, 0.3) is 0 Å². The van der Waals surface area contributed by atoms with E-state index in [0.29, 0.717) is 26.4 Å². The number of hydrazone groups is 1. The second-order valence-electron chi connectivity index (χ2n) is 4.22. The Hall–Kier alpha value is -2.05. The van der Waals surface area contributed by atoms with Gasteiger partial charge in [0.1, 0.15) is 0 Å². The van der Waals surface area contributed by atoms with E-state index in [1.807, 2.05) is 0 Å². The molecule has 5 nitrogen and oxygen atoms in total. The van der Waals surface area contributed by atoms with Crippen molar-refractivity contribution in [2.45, 2.75) is 0 Å². The van der Waals surface area contributed by atoms with Gasteiger partial charge in [0, 0.05) is 10.0 Å². The Bertz CT molecular complexity index is 735. The van der Waals surface area contributed by atoms with E-state index < -0.39 is 5.91 Å². The molecule has 0 aromatic heterocycles. The van der Waals surface area contributed by atoms with Crippen molar-refractivity contribution in [2.24, 2.45) is 5.10 Å². The molecule has 1 amide bonds. The number of aromatic hydroxyl groups is 1. The summed E-state index contributed by atoms with van der Waals surface area (Å²) in [5.41, 5.74) is 3.29. The van der Waals surface area contributed by atoms with Gasteiger partial charge in [0.05, 0.1) is 23.9 Å². The van der Waals surface area contributed by atoms with E-state index >= 15 is 0 Å². The molecule has 0 spiro atoms. The number of methoxy groups -OCH3 is 1. The zero-order valence-electron chi connectivity index (χ0n) is 11.5. The maximum atomic E-state index is 11.9. The van der Waals surface area contributed by atoms with Gasteiger partial charge in [-0.25, -0.2) is 5.43 Å². The molecule has 0 unspecified atom stereocenters. The largest absolute Gasteiger partial charge is 0.504 e. The van der Waals surface area contributed by atoms with Gasteiger partial charge in [0.15, 0.2) is 11.5 Å². The lowest BCUT2D eigenvalue weighted by Gasteiger charge is -2.06. The predicted molar refractivity (Wildman–Crippen MR) is 88.9 cm³/mol. The van der Waals surface area contributed by atoms with Crippen LogP contribution in [0.1, 0.15) is 15.9 Å². The number of benzene rings is 2. The normalized spacial score (nSPS) is 10.7. The first-order valence-corrected chi connectivity index (χ1v) is 7.34. The van der Waals surface area contributed by atoms with E-state index in [2.05, 4.69) is 26.5 Å². The summed E-state index contributed by atoms with van der Waals surface area (Å²) in [4.78, 5) is 11.9.